The Labute approximate surface area is 212 Å². The van der Waals surface area contributed by atoms with Crippen molar-refractivity contribution < 1.29 is 9.47 Å². The molecule has 2 aromatic heterocycles. The lowest BCUT2D eigenvalue weighted by atomic mass is 9.99. The molecule has 5 aromatic rings. The molecule has 6 rings (SSSR count). The lowest BCUT2D eigenvalue weighted by Crippen LogP contribution is -2.37. The van der Waals surface area contributed by atoms with Gasteiger partial charge in [0, 0.05) is 14.1 Å². The van der Waals surface area contributed by atoms with Crippen molar-refractivity contribution in [2.24, 2.45) is 14.1 Å². The molecule has 0 spiro atoms. The molecule has 8 nitrogen and oxygen atoms in total. The lowest BCUT2D eigenvalue weighted by molar-refractivity contribution is 0.414. The third-order valence-electron chi connectivity index (χ3n) is 7.12. The van der Waals surface area contributed by atoms with Gasteiger partial charge < -0.3 is 19.4 Å². The zero-order valence-corrected chi connectivity index (χ0v) is 21.0. The van der Waals surface area contributed by atoms with Crippen molar-refractivity contribution in [3.63, 3.8) is 0 Å². The van der Waals surface area contributed by atoms with Gasteiger partial charge >= 0.3 is 5.69 Å². The summed E-state index contributed by atoms with van der Waals surface area (Å²) in [5.41, 5.74) is 5.01. The number of aryl methyl sites for hydroxylation is 1. The highest BCUT2D eigenvalue weighted by Crippen LogP contribution is 2.45. The highest BCUT2D eigenvalue weighted by Gasteiger charge is 2.34. The number of ether oxygens (including phenoxy) is 2. The third kappa shape index (κ3) is 3.29. The molecule has 3 aromatic carbocycles. The van der Waals surface area contributed by atoms with Gasteiger partial charge in [-0.2, -0.15) is 0 Å². The fourth-order valence-corrected chi connectivity index (χ4v) is 5.31. The number of methoxy groups -OCH3 is 2. The Bertz CT molecular complexity index is 1790. The Hall–Kier alpha value is -4.72. The van der Waals surface area contributed by atoms with Crippen LogP contribution in [0.4, 0.5) is 5.69 Å². The second-order valence-corrected chi connectivity index (χ2v) is 9.10. The van der Waals surface area contributed by atoms with E-state index in [0.29, 0.717) is 10.9 Å². The highest BCUT2D eigenvalue weighted by molar-refractivity contribution is 5.99. The zero-order valence-electron chi connectivity index (χ0n) is 21.0. The Kier molecular flexibility index (Phi) is 5.19. The summed E-state index contributed by atoms with van der Waals surface area (Å²) >= 11 is 0. The molecule has 1 aliphatic heterocycles. The molecule has 3 heterocycles. The summed E-state index contributed by atoms with van der Waals surface area (Å²) in [5, 5.41) is 4.14. The van der Waals surface area contributed by atoms with Crippen LogP contribution in [0.1, 0.15) is 17.3 Å². The van der Waals surface area contributed by atoms with E-state index in [4.69, 9.17) is 9.47 Å². The van der Waals surface area contributed by atoms with Gasteiger partial charge in [0.1, 0.15) is 11.5 Å². The maximum atomic E-state index is 13.8. The Morgan fingerprint density at radius 1 is 0.811 bits per heavy atom. The first-order valence-electron chi connectivity index (χ1n) is 11.9. The van der Waals surface area contributed by atoms with Gasteiger partial charge in [-0.15, -0.1) is 0 Å². The standard InChI is InChI=1S/C29H26N4O4/c1-31-26-23(28(34)32(2)29(31)35)25(17-12-14-19(36-3)15-13-17)33-22-11-6-5-10-21(22)30-24(27(26)33)18-8-7-9-20(16-18)37-4/h5-16,24,30H,1-4H3/t24-/m1/s1. The van der Waals surface area contributed by atoms with E-state index in [9.17, 15) is 9.59 Å². The van der Waals surface area contributed by atoms with Crippen LogP contribution in [0.15, 0.2) is 82.4 Å². The SMILES string of the molecule is COc1ccc(-c2c3c(=O)n(C)c(=O)n(C)c3c3n2-c2ccccc2N[C@@H]3c2cccc(OC)c2)cc1. The molecule has 186 valence electrons. The fourth-order valence-electron chi connectivity index (χ4n) is 5.31. The molecule has 0 unspecified atom stereocenters. The van der Waals surface area contributed by atoms with E-state index >= 15 is 0 Å². The monoisotopic (exact) mass is 494 g/mol. The van der Waals surface area contributed by atoms with Crippen molar-refractivity contribution in [1.29, 1.82) is 0 Å². The van der Waals surface area contributed by atoms with Crippen molar-refractivity contribution in [2.75, 3.05) is 19.5 Å². The van der Waals surface area contributed by atoms with Crippen molar-refractivity contribution >= 4 is 16.6 Å². The summed E-state index contributed by atoms with van der Waals surface area (Å²) in [6.07, 6.45) is 0. The number of hydrogen-bond acceptors (Lipinski definition) is 5. The van der Waals surface area contributed by atoms with E-state index in [2.05, 4.69) is 9.88 Å². The first kappa shape index (κ1) is 22.7. The molecule has 0 fully saturated rings. The number of fused-ring (bicyclic) bond motifs is 5. The first-order chi connectivity index (χ1) is 17.9. The summed E-state index contributed by atoms with van der Waals surface area (Å²) in [5.74, 6) is 1.44. The number of rotatable bonds is 4. The number of nitrogens with zero attached hydrogens (tertiary/aromatic N) is 3. The summed E-state index contributed by atoms with van der Waals surface area (Å²) in [7, 11) is 6.49. The summed E-state index contributed by atoms with van der Waals surface area (Å²) in [4.78, 5) is 26.9. The second kappa shape index (κ2) is 8.44. The summed E-state index contributed by atoms with van der Waals surface area (Å²) < 4.78 is 15.7. The molecule has 0 aliphatic carbocycles. The van der Waals surface area contributed by atoms with Gasteiger partial charge in [0.05, 0.1) is 53.9 Å². The largest absolute Gasteiger partial charge is 0.497 e. The van der Waals surface area contributed by atoms with Crippen LogP contribution in [0.5, 0.6) is 11.5 Å². The number of nitrogens with one attached hydrogen (secondary N) is 1. The normalized spacial score (nSPS) is 14.1. The molecule has 1 N–H and O–H groups in total. The van der Waals surface area contributed by atoms with E-state index in [1.54, 1.807) is 25.8 Å². The Balaban J connectivity index is 1.82. The van der Waals surface area contributed by atoms with Crippen LogP contribution >= 0.6 is 0 Å². The summed E-state index contributed by atoms with van der Waals surface area (Å²) in [6, 6.07) is 23.1. The minimum absolute atomic E-state index is 0.340. The topological polar surface area (TPSA) is 79.4 Å². The van der Waals surface area contributed by atoms with E-state index in [0.717, 1.165) is 45.4 Å². The summed E-state index contributed by atoms with van der Waals surface area (Å²) in [6.45, 7) is 0. The van der Waals surface area contributed by atoms with Crippen molar-refractivity contribution in [1.82, 2.24) is 13.7 Å². The van der Waals surface area contributed by atoms with Crippen LogP contribution in [-0.2, 0) is 14.1 Å². The zero-order chi connectivity index (χ0) is 25.8. The average Bonchev–Trinajstić information content (AvgIpc) is 3.31. The molecule has 37 heavy (non-hydrogen) atoms. The van der Waals surface area contributed by atoms with E-state index in [1.807, 2.05) is 72.8 Å². The number of benzene rings is 3. The molecule has 0 amide bonds. The third-order valence-corrected chi connectivity index (χ3v) is 7.12. The van der Waals surface area contributed by atoms with Crippen molar-refractivity contribution in [3.8, 4) is 28.4 Å². The Morgan fingerprint density at radius 3 is 2.27 bits per heavy atom. The fraction of sp³-hybridized carbons (Fsp3) is 0.172. The lowest BCUT2D eigenvalue weighted by Gasteiger charge is -2.31. The van der Waals surface area contributed by atoms with E-state index in [1.165, 1.54) is 11.6 Å². The molecule has 0 saturated carbocycles. The van der Waals surface area contributed by atoms with Gasteiger partial charge in [-0.05, 0) is 59.7 Å². The minimum Gasteiger partial charge on any atom is -0.497 e. The van der Waals surface area contributed by atoms with Crippen LogP contribution < -0.4 is 26.0 Å². The number of hydrogen-bond donors (Lipinski definition) is 1. The number of aromatic nitrogens is 3. The second-order valence-electron chi connectivity index (χ2n) is 9.10. The quantitative estimate of drug-likeness (QED) is 0.405. The molecular formula is C29H26N4O4. The smallest absolute Gasteiger partial charge is 0.331 e. The van der Waals surface area contributed by atoms with Crippen LogP contribution in [0.2, 0.25) is 0 Å². The molecular weight excluding hydrogens is 468 g/mol. The highest BCUT2D eigenvalue weighted by atomic mass is 16.5. The van der Waals surface area contributed by atoms with Gasteiger partial charge in [-0.1, -0.05) is 24.3 Å². The van der Waals surface area contributed by atoms with Crippen molar-refractivity contribution in [2.45, 2.75) is 6.04 Å². The number of anilines is 1. The molecule has 8 heteroatoms. The average molecular weight is 495 g/mol. The molecule has 1 aliphatic rings. The van der Waals surface area contributed by atoms with Crippen LogP contribution in [0.3, 0.4) is 0 Å². The Morgan fingerprint density at radius 2 is 1.54 bits per heavy atom. The van der Waals surface area contributed by atoms with E-state index in [-0.39, 0.29) is 17.3 Å². The predicted octanol–water partition coefficient (Wildman–Crippen LogP) is 4.23. The number of para-hydroxylation sites is 2. The van der Waals surface area contributed by atoms with Gasteiger partial charge in [-0.25, -0.2) is 4.79 Å². The predicted molar refractivity (Wildman–Crippen MR) is 144 cm³/mol. The van der Waals surface area contributed by atoms with Crippen molar-refractivity contribution in [3.05, 3.63) is 105 Å². The molecule has 0 bridgehead atoms. The van der Waals surface area contributed by atoms with Gasteiger partial charge in [0.15, 0.2) is 0 Å². The van der Waals surface area contributed by atoms with E-state index < -0.39 is 0 Å². The maximum absolute atomic E-state index is 13.8. The van der Waals surface area contributed by atoms with Crippen LogP contribution in [0, 0.1) is 0 Å². The van der Waals surface area contributed by atoms with Gasteiger partial charge in [-0.3, -0.25) is 13.9 Å². The molecule has 0 saturated heterocycles. The van der Waals surface area contributed by atoms with Gasteiger partial charge in [0.25, 0.3) is 5.56 Å². The minimum atomic E-state index is -0.379. The molecule has 0 radical (unpaired) electrons. The van der Waals surface area contributed by atoms with Crippen LogP contribution in [-0.4, -0.2) is 27.9 Å². The first-order valence-corrected chi connectivity index (χ1v) is 11.9. The van der Waals surface area contributed by atoms with Gasteiger partial charge in [0.2, 0.25) is 0 Å². The van der Waals surface area contributed by atoms with Crippen LogP contribution in [0.25, 0.3) is 27.8 Å². The molecule has 1 atom stereocenters. The maximum Gasteiger partial charge on any atom is 0.331 e.